The first kappa shape index (κ1) is 33.3. The third-order valence-corrected chi connectivity index (χ3v) is 8.48. The molecule has 0 saturated carbocycles. The summed E-state index contributed by atoms with van der Waals surface area (Å²) >= 11 is 2.80. The number of ether oxygens (including phenoxy) is 3. The Morgan fingerprint density at radius 3 is 2.02 bits per heavy atom. The van der Waals surface area contributed by atoms with Gasteiger partial charge < -0.3 is 19.5 Å². The Morgan fingerprint density at radius 2 is 1.41 bits per heavy atom. The van der Waals surface area contributed by atoms with Crippen LogP contribution in [0.15, 0.2) is 70.3 Å². The molecule has 1 heterocycles. The van der Waals surface area contributed by atoms with Crippen LogP contribution in [0, 0.1) is 0 Å². The monoisotopic (exact) mass is 656 g/mol. The summed E-state index contributed by atoms with van der Waals surface area (Å²) in [7, 11) is 3.09. The molecule has 0 bridgehead atoms. The molecule has 0 fully saturated rings. The van der Waals surface area contributed by atoms with E-state index in [9.17, 15) is 26.3 Å². The lowest BCUT2D eigenvalue weighted by Crippen LogP contribution is -2.17. The van der Waals surface area contributed by atoms with Crippen LogP contribution in [-0.2, 0) is 12.4 Å². The van der Waals surface area contributed by atoms with Gasteiger partial charge in [0, 0.05) is 36.0 Å². The van der Waals surface area contributed by atoms with E-state index in [1.54, 1.807) is 32.4 Å². The number of benzene rings is 3. The molecule has 0 radical (unpaired) electrons. The number of methoxy groups -OCH3 is 2. The van der Waals surface area contributed by atoms with Gasteiger partial charge in [0.25, 0.3) is 0 Å². The first-order chi connectivity index (χ1) is 20.8. The zero-order valence-corrected chi connectivity index (χ0v) is 25.8. The molecule has 0 saturated heterocycles. The van der Waals surface area contributed by atoms with Crippen LogP contribution in [0.25, 0.3) is 11.1 Å². The van der Waals surface area contributed by atoms with Crippen LogP contribution in [0.2, 0.25) is 0 Å². The minimum absolute atomic E-state index is 0.0861. The van der Waals surface area contributed by atoms with Gasteiger partial charge >= 0.3 is 12.4 Å². The number of halogens is 6. The van der Waals surface area contributed by atoms with Crippen LogP contribution < -0.4 is 24.2 Å². The van der Waals surface area contributed by atoms with E-state index in [2.05, 4.69) is 30.0 Å². The number of hydrogen-bond acceptors (Lipinski definition) is 7. The molecule has 0 spiro atoms. The molecule has 13 heteroatoms. The van der Waals surface area contributed by atoms with Gasteiger partial charge in [-0.3, -0.25) is 4.72 Å². The lowest BCUT2D eigenvalue weighted by atomic mass is 9.98. The summed E-state index contributed by atoms with van der Waals surface area (Å²) in [5.74, 6) is 2.53. The SMILES string of the molecule is COc1ccc(Oc2ccc(C(C)C)cc2-c2ccsc2SNCCNc2cc(C(F)(F)F)cc(C(F)(F)F)c2)cc1OC. The molecule has 0 aliphatic rings. The van der Waals surface area contributed by atoms with Crippen molar-refractivity contribution in [3.63, 3.8) is 0 Å². The van der Waals surface area contributed by atoms with Gasteiger partial charge in [0.1, 0.15) is 11.5 Å². The molecule has 0 unspecified atom stereocenters. The van der Waals surface area contributed by atoms with Crippen LogP contribution in [0.1, 0.15) is 36.5 Å². The van der Waals surface area contributed by atoms with E-state index in [1.165, 1.54) is 23.3 Å². The van der Waals surface area contributed by atoms with E-state index in [0.29, 0.717) is 35.1 Å². The number of thiophene rings is 1. The van der Waals surface area contributed by atoms with Gasteiger partial charge in [-0.05, 0) is 77.3 Å². The minimum Gasteiger partial charge on any atom is -0.493 e. The van der Waals surface area contributed by atoms with Crippen molar-refractivity contribution in [3.05, 3.63) is 82.7 Å². The lowest BCUT2D eigenvalue weighted by Gasteiger charge is -2.16. The van der Waals surface area contributed by atoms with Crippen molar-refractivity contribution < 1.29 is 40.6 Å². The van der Waals surface area contributed by atoms with Crippen molar-refractivity contribution in [1.29, 1.82) is 0 Å². The molecule has 0 aliphatic carbocycles. The molecule has 236 valence electrons. The molecular formula is C31H30F6N2O3S2. The Labute approximate surface area is 259 Å². The zero-order valence-electron chi connectivity index (χ0n) is 24.2. The highest BCUT2D eigenvalue weighted by atomic mass is 32.2. The third kappa shape index (κ3) is 8.33. The summed E-state index contributed by atoms with van der Waals surface area (Å²) in [4.78, 5) is 0. The third-order valence-electron chi connectivity index (χ3n) is 6.48. The fourth-order valence-corrected chi connectivity index (χ4v) is 6.01. The first-order valence-electron chi connectivity index (χ1n) is 13.3. The van der Waals surface area contributed by atoms with E-state index >= 15 is 0 Å². The first-order valence-corrected chi connectivity index (χ1v) is 15.0. The van der Waals surface area contributed by atoms with Gasteiger partial charge in [0.15, 0.2) is 11.5 Å². The summed E-state index contributed by atoms with van der Waals surface area (Å²) in [5, 5.41) is 4.59. The molecule has 1 aromatic heterocycles. The minimum atomic E-state index is -4.91. The standard InChI is InChI=1S/C31H30F6N2O3S2/c1-18(2)19-5-7-26(42-23-6-8-27(40-3)28(17-23)41-4)25(13-19)24-9-12-43-29(24)44-39-11-10-38-22-15-20(30(32,33)34)14-21(16-22)31(35,36)37/h5-9,12-18,38-39H,10-11H2,1-4H3. The normalized spacial score (nSPS) is 12.0. The summed E-state index contributed by atoms with van der Waals surface area (Å²) in [6.07, 6.45) is -9.81. The number of nitrogens with one attached hydrogen (secondary N) is 2. The Bertz CT molecular complexity index is 1540. The molecule has 0 atom stereocenters. The molecule has 0 aliphatic heterocycles. The van der Waals surface area contributed by atoms with Gasteiger partial charge in [0.05, 0.1) is 29.6 Å². The molecule has 2 N–H and O–H groups in total. The summed E-state index contributed by atoms with van der Waals surface area (Å²) in [6, 6.07) is 14.7. The number of anilines is 1. The summed E-state index contributed by atoms with van der Waals surface area (Å²) < 4.78 is 100. The van der Waals surface area contributed by atoms with E-state index in [-0.39, 0.29) is 30.8 Å². The van der Waals surface area contributed by atoms with Crippen LogP contribution >= 0.6 is 23.3 Å². The second kappa shape index (κ2) is 14.0. The van der Waals surface area contributed by atoms with Crippen molar-refractivity contribution in [2.24, 2.45) is 0 Å². The molecule has 5 nitrogen and oxygen atoms in total. The van der Waals surface area contributed by atoms with Crippen molar-refractivity contribution in [3.8, 4) is 34.1 Å². The fourth-order valence-electron chi connectivity index (χ4n) is 4.22. The predicted molar refractivity (Wildman–Crippen MR) is 162 cm³/mol. The topological polar surface area (TPSA) is 51.8 Å². The zero-order chi connectivity index (χ0) is 32.1. The van der Waals surface area contributed by atoms with E-state index < -0.39 is 23.5 Å². The lowest BCUT2D eigenvalue weighted by molar-refractivity contribution is -0.143. The Kier molecular flexibility index (Phi) is 10.6. The van der Waals surface area contributed by atoms with Gasteiger partial charge in [-0.15, -0.1) is 11.3 Å². The maximum atomic E-state index is 13.2. The predicted octanol–water partition coefficient (Wildman–Crippen LogP) is 10.1. The molecule has 3 aromatic carbocycles. The second-order valence-electron chi connectivity index (χ2n) is 9.87. The summed E-state index contributed by atoms with van der Waals surface area (Å²) in [6.45, 7) is 4.52. The molecular weight excluding hydrogens is 626 g/mol. The van der Waals surface area contributed by atoms with Crippen molar-refractivity contribution >= 4 is 29.0 Å². The quantitative estimate of drug-likeness (QED) is 0.0900. The van der Waals surface area contributed by atoms with Crippen LogP contribution in [0.3, 0.4) is 0 Å². The highest BCUT2D eigenvalue weighted by Gasteiger charge is 2.37. The highest BCUT2D eigenvalue weighted by molar-refractivity contribution is 7.99. The van der Waals surface area contributed by atoms with Gasteiger partial charge in [-0.2, -0.15) is 26.3 Å². The maximum absolute atomic E-state index is 13.2. The summed E-state index contributed by atoms with van der Waals surface area (Å²) in [5.41, 5.74) is -0.119. The van der Waals surface area contributed by atoms with Crippen LogP contribution in [0.5, 0.6) is 23.0 Å². The van der Waals surface area contributed by atoms with Gasteiger partial charge in [0.2, 0.25) is 0 Å². The fraction of sp³-hybridized carbons (Fsp3) is 0.290. The van der Waals surface area contributed by atoms with Crippen molar-refractivity contribution in [2.75, 3.05) is 32.6 Å². The number of rotatable bonds is 12. The Hall–Kier alpha value is -3.55. The molecule has 0 amide bonds. The Morgan fingerprint density at radius 1 is 0.750 bits per heavy atom. The second-order valence-corrected chi connectivity index (χ2v) is 11.9. The average Bonchev–Trinajstić information content (AvgIpc) is 3.44. The molecule has 44 heavy (non-hydrogen) atoms. The maximum Gasteiger partial charge on any atom is 0.416 e. The number of hydrogen-bond donors (Lipinski definition) is 2. The van der Waals surface area contributed by atoms with Crippen LogP contribution in [0.4, 0.5) is 32.0 Å². The van der Waals surface area contributed by atoms with Crippen LogP contribution in [-0.4, -0.2) is 27.3 Å². The molecule has 4 rings (SSSR count). The van der Waals surface area contributed by atoms with Gasteiger partial charge in [-0.25, -0.2) is 0 Å². The Balaban J connectivity index is 1.48. The molecule has 4 aromatic rings. The largest absolute Gasteiger partial charge is 0.493 e. The average molecular weight is 657 g/mol. The van der Waals surface area contributed by atoms with Gasteiger partial charge in [-0.1, -0.05) is 19.9 Å². The van der Waals surface area contributed by atoms with E-state index in [0.717, 1.165) is 20.9 Å². The van der Waals surface area contributed by atoms with E-state index in [4.69, 9.17) is 14.2 Å². The van der Waals surface area contributed by atoms with E-state index in [1.807, 2.05) is 23.6 Å². The highest BCUT2D eigenvalue weighted by Crippen LogP contribution is 2.43. The smallest absolute Gasteiger partial charge is 0.416 e. The van der Waals surface area contributed by atoms with Crippen molar-refractivity contribution in [2.45, 2.75) is 36.3 Å². The number of alkyl halides is 6. The van der Waals surface area contributed by atoms with Crippen molar-refractivity contribution in [1.82, 2.24) is 4.72 Å².